The Balaban J connectivity index is 1.38. The summed E-state index contributed by atoms with van der Waals surface area (Å²) in [5.41, 5.74) is 4.68. The number of pyridine rings is 1. The average Bonchev–Trinajstić information content (AvgIpc) is 3.63. The largest absolute Gasteiger partial charge is 0.382 e. The highest BCUT2D eigenvalue weighted by atomic mass is 19.3. The van der Waals surface area contributed by atoms with Crippen molar-refractivity contribution >= 4 is 22.6 Å². The summed E-state index contributed by atoms with van der Waals surface area (Å²) in [6.07, 6.45) is -3.41. The minimum Gasteiger partial charge on any atom is -0.382 e. The standard InChI is InChI=1S/C37H30F6N8O2/c1-36(2,53)9-8-21-5-7-22(23-6-4-18(15-44)28-32(23)50(3)49-35(28)45)30(46-21)26(12-17-10-19(38)13-20(39)11-17)47-27(52)16-51-33-29(31(48-51)34(40)41)24-14-25(24)37(33,42)43/h4-7,10-11,13,24-26,34,53H,12,14,16H2,1-3H3,(H2,45,49)(H,47,52)/t24-,25+,26-/m0/s1. The molecule has 2 aliphatic carbocycles. The van der Waals surface area contributed by atoms with E-state index in [1.165, 1.54) is 30.7 Å². The highest BCUT2D eigenvalue weighted by Crippen LogP contribution is 2.68. The monoisotopic (exact) mass is 732 g/mol. The van der Waals surface area contributed by atoms with Gasteiger partial charge in [0.15, 0.2) is 5.82 Å². The van der Waals surface area contributed by atoms with Crippen molar-refractivity contribution in [3.63, 3.8) is 0 Å². The quantitative estimate of drug-likeness (QED) is 0.132. The Morgan fingerprint density at radius 2 is 1.81 bits per heavy atom. The lowest BCUT2D eigenvalue weighted by molar-refractivity contribution is -0.123. The molecule has 3 heterocycles. The number of nitriles is 1. The van der Waals surface area contributed by atoms with E-state index in [1.54, 1.807) is 19.2 Å². The summed E-state index contributed by atoms with van der Waals surface area (Å²) in [5, 5.41) is 31.1. The predicted molar refractivity (Wildman–Crippen MR) is 179 cm³/mol. The number of aliphatic hydroxyl groups is 1. The van der Waals surface area contributed by atoms with Gasteiger partial charge in [-0.05, 0) is 74.4 Å². The van der Waals surface area contributed by atoms with Crippen molar-refractivity contribution in [1.29, 1.82) is 5.26 Å². The maximum atomic E-state index is 15.3. The van der Waals surface area contributed by atoms with Gasteiger partial charge in [0.05, 0.1) is 34.3 Å². The number of halogens is 6. The third-order valence-corrected chi connectivity index (χ3v) is 9.34. The van der Waals surface area contributed by atoms with Crippen molar-refractivity contribution < 1.29 is 36.2 Å². The van der Waals surface area contributed by atoms with Crippen LogP contribution in [0.1, 0.15) is 78.1 Å². The number of nitrogens with two attached hydrogens (primary N) is 1. The molecule has 272 valence electrons. The molecule has 0 aliphatic heterocycles. The first-order valence-electron chi connectivity index (χ1n) is 16.4. The van der Waals surface area contributed by atoms with Gasteiger partial charge in [0, 0.05) is 35.7 Å². The number of anilines is 1. The van der Waals surface area contributed by atoms with Gasteiger partial charge in [-0.15, -0.1) is 0 Å². The summed E-state index contributed by atoms with van der Waals surface area (Å²) in [5.74, 6) is -2.67. The number of alkyl halides is 4. The molecular weight excluding hydrogens is 702 g/mol. The van der Waals surface area contributed by atoms with Gasteiger partial charge in [0.1, 0.15) is 40.9 Å². The van der Waals surface area contributed by atoms with E-state index in [1.807, 2.05) is 0 Å². The van der Waals surface area contributed by atoms with Crippen LogP contribution in [-0.4, -0.2) is 41.2 Å². The van der Waals surface area contributed by atoms with Crippen molar-refractivity contribution in [2.75, 3.05) is 5.73 Å². The van der Waals surface area contributed by atoms with E-state index >= 15 is 8.78 Å². The van der Waals surface area contributed by atoms with Gasteiger partial charge in [-0.25, -0.2) is 22.5 Å². The first-order valence-corrected chi connectivity index (χ1v) is 16.4. The fourth-order valence-corrected chi connectivity index (χ4v) is 7.15. The Labute approximate surface area is 298 Å². The smallest absolute Gasteiger partial charge is 0.293 e. The number of nitrogens with one attached hydrogen (secondary N) is 1. The van der Waals surface area contributed by atoms with Crippen LogP contribution in [0.4, 0.5) is 32.2 Å². The Morgan fingerprint density at radius 3 is 2.47 bits per heavy atom. The van der Waals surface area contributed by atoms with Crippen molar-refractivity contribution in [3.05, 3.63) is 93.6 Å². The van der Waals surface area contributed by atoms with Crippen molar-refractivity contribution in [2.45, 2.75) is 63.1 Å². The highest BCUT2D eigenvalue weighted by molar-refractivity contribution is 6.03. The summed E-state index contributed by atoms with van der Waals surface area (Å²) < 4.78 is 89.6. The molecule has 1 fully saturated rings. The van der Waals surface area contributed by atoms with E-state index in [0.717, 1.165) is 12.1 Å². The number of aryl methyl sites for hydroxylation is 1. The molecule has 1 saturated carbocycles. The zero-order chi connectivity index (χ0) is 38.1. The SMILES string of the molecule is Cn1nc(N)c2c(C#N)ccc(-c3ccc(C#CC(C)(C)O)nc3[C@H](Cc3cc(F)cc(F)c3)NC(=O)Cn3nc(C(F)F)c4c3C(F)(F)[C@@H]3C[C@H]43)c21. The number of hydrogen-bond acceptors (Lipinski definition) is 7. The number of nitrogens with zero attached hydrogens (tertiary/aromatic N) is 6. The van der Waals surface area contributed by atoms with Crippen LogP contribution in [0.5, 0.6) is 0 Å². The van der Waals surface area contributed by atoms with Gasteiger partial charge in [0.25, 0.3) is 12.3 Å². The maximum Gasteiger partial charge on any atom is 0.293 e. The highest BCUT2D eigenvalue weighted by Gasteiger charge is 2.67. The molecule has 1 amide bonds. The van der Waals surface area contributed by atoms with E-state index in [2.05, 4.69) is 33.4 Å². The molecule has 7 rings (SSSR count). The molecule has 0 bridgehead atoms. The molecule has 2 aliphatic rings. The van der Waals surface area contributed by atoms with Gasteiger partial charge in [-0.3, -0.25) is 14.2 Å². The number of nitrogen functional groups attached to an aromatic ring is 1. The minimum atomic E-state index is -3.48. The molecule has 4 N–H and O–H groups in total. The van der Waals surface area contributed by atoms with Gasteiger partial charge < -0.3 is 16.2 Å². The molecule has 10 nitrogen and oxygen atoms in total. The number of rotatable bonds is 8. The lowest BCUT2D eigenvalue weighted by Gasteiger charge is -2.23. The maximum absolute atomic E-state index is 15.3. The number of benzene rings is 2. The lowest BCUT2D eigenvalue weighted by Crippen LogP contribution is -2.35. The number of aromatic nitrogens is 5. The zero-order valence-corrected chi connectivity index (χ0v) is 28.4. The number of carbonyl (C=O) groups is 1. The number of amides is 1. The van der Waals surface area contributed by atoms with Crippen LogP contribution in [-0.2, 0) is 30.7 Å². The molecule has 0 radical (unpaired) electrons. The minimum absolute atomic E-state index is 0.0376. The molecule has 2 aromatic carbocycles. The van der Waals surface area contributed by atoms with Crippen LogP contribution in [0.2, 0.25) is 0 Å². The van der Waals surface area contributed by atoms with E-state index in [0.29, 0.717) is 32.8 Å². The molecule has 3 aromatic heterocycles. The number of hydrogen-bond donors (Lipinski definition) is 3. The second-order valence-corrected chi connectivity index (χ2v) is 13.7. The second-order valence-electron chi connectivity index (χ2n) is 13.7. The third kappa shape index (κ3) is 6.44. The van der Waals surface area contributed by atoms with Crippen LogP contribution < -0.4 is 11.1 Å². The van der Waals surface area contributed by atoms with E-state index in [-0.39, 0.29) is 46.7 Å². The Hall–Kier alpha value is -5.87. The lowest BCUT2D eigenvalue weighted by atomic mass is 9.92. The third-order valence-electron chi connectivity index (χ3n) is 9.34. The van der Waals surface area contributed by atoms with E-state index in [9.17, 15) is 32.7 Å². The summed E-state index contributed by atoms with van der Waals surface area (Å²) in [4.78, 5) is 18.5. The van der Waals surface area contributed by atoms with E-state index < -0.39 is 71.3 Å². The molecule has 3 atom stereocenters. The fourth-order valence-electron chi connectivity index (χ4n) is 7.15. The van der Waals surface area contributed by atoms with Crippen molar-refractivity contribution in [2.24, 2.45) is 13.0 Å². The van der Waals surface area contributed by atoms with Gasteiger partial charge in [0.2, 0.25) is 5.91 Å². The van der Waals surface area contributed by atoms with Crippen LogP contribution in [0, 0.1) is 40.7 Å². The molecular formula is C37H30F6N8O2. The van der Waals surface area contributed by atoms with Crippen molar-refractivity contribution in [3.8, 4) is 29.0 Å². The summed E-state index contributed by atoms with van der Waals surface area (Å²) in [7, 11) is 1.60. The van der Waals surface area contributed by atoms with Crippen LogP contribution >= 0.6 is 0 Å². The molecule has 0 saturated heterocycles. The predicted octanol–water partition coefficient (Wildman–Crippen LogP) is 5.93. The molecule has 0 spiro atoms. The molecule has 16 heteroatoms. The first kappa shape index (κ1) is 35.5. The molecule has 5 aromatic rings. The summed E-state index contributed by atoms with van der Waals surface area (Å²) in [6, 6.07) is 9.84. The normalized spacial score (nSPS) is 17.5. The Morgan fingerprint density at radius 1 is 1.11 bits per heavy atom. The second kappa shape index (κ2) is 12.7. The van der Waals surface area contributed by atoms with Crippen LogP contribution in [0.15, 0.2) is 42.5 Å². The van der Waals surface area contributed by atoms with E-state index in [4.69, 9.17) is 10.7 Å². The van der Waals surface area contributed by atoms with Gasteiger partial charge >= 0.3 is 0 Å². The zero-order valence-electron chi connectivity index (χ0n) is 28.4. The topological polar surface area (TPSA) is 148 Å². The molecule has 0 unspecified atom stereocenters. The van der Waals surface area contributed by atoms with Gasteiger partial charge in [-0.1, -0.05) is 12.0 Å². The van der Waals surface area contributed by atoms with Crippen LogP contribution in [0.25, 0.3) is 22.0 Å². The Bertz CT molecular complexity index is 2410. The number of fused-ring (bicyclic) bond motifs is 4. The van der Waals surface area contributed by atoms with Gasteiger partial charge in [-0.2, -0.15) is 24.2 Å². The Kier molecular flexibility index (Phi) is 8.49. The summed E-state index contributed by atoms with van der Waals surface area (Å²) >= 11 is 0. The van der Waals surface area contributed by atoms with Crippen LogP contribution in [0.3, 0.4) is 0 Å². The average molecular weight is 733 g/mol. The fraction of sp³-hybridized carbons (Fsp3) is 0.324. The first-order chi connectivity index (χ1) is 25.0. The summed E-state index contributed by atoms with van der Waals surface area (Å²) in [6.45, 7) is 2.02. The van der Waals surface area contributed by atoms with Crippen molar-refractivity contribution in [1.82, 2.24) is 29.9 Å². The molecule has 53 heavy (non-hydrogen) atoms. The number of carbonyl (C=O) groups excluding carboxylic acids is 1.